The van der Waals surface area contributed by atoms with E-state index in [9.17, 15) is 4.79 Å². The Morgan fingerprint density at radius 1 is 1.32 bits per heavy atom. The van der Waals surface area contributed by atoms with Gasteiger partial charge in [0.25, 0.3) is 0 Å². The van der Waals surface area contributed by atoms with E-state index in [4.69, 9.17) is 11.6 Å². The highest BCUT2D eigenvalue weighted by Gasteiger charge is 2.09. The Kier molecular flexibility index (Phi) is 5.76. The maximum Gasteiger partial charge on any atom is 0.225 e. The Morgan fingerprint density at radius 3 is 2.79 bits per heavy atom. The summed E-state index contributed by atoms with van der Waals surface area (Å²) in [6.07, 6.45) is 0.322. The van der Waals surface area contributed by atoms with Gasteiger partial charge >= 0.3 is 0 Å². The van der Waals surface area contributed by atoms with Gasteiger partial charge in [-0.3, -0.25) is 4.79 Å². The van der Waals surface area contributed by atoms with Crippen LogP contribution in [0.5, 0.6) is 0 Å². The minimum Gasteiger partial charge on any atom is -0.325 e. The van der Waals surface area contributed by atoms with Crippen molar-refractivity contribution in [3.63, 3.8) is 0 Å². The van der Waals surface area contributed by atoms with Crippen molar-refractivity contribution in [3.8, 4) is 0 Å². The number of benzene rings is 1. The Bertz CT molecular complexity index is 573. The zero-order chi connectivity index (χ0) is 13.7. The summed E-state index contributed by atoms with van der Waals surface area (Å²) in [5.41, 5.74) is 0.820. The zero-order valence-corrected chi connectivity index (χ0v) is 13.8. The number of amides is 1. The lowest BCUT2D eigenvalue weighted by Gasteiger charge is -2.09. The third-order valence-corrected chi connectivity index (χ3v) is 5.69. The van der Waals surface area contributed by atoms with E-state index in [1.165, 1.54) is 0 Å². The second-order valence-electron chi connectivity index (χ2n) is 3.64. The third-order valence-electron chi connectivity index (χ3n) is 2.29. The Morgan fingerprint density at radius 2 is 2.11 bits per heavy atom. The van der Waals surface area contributed by atoms with Crippen molar-refractivity contribution in [2.24, 2.45) is 0 Å². The van der Waals surface area contributed by atoms with Gasteiger partial charge < -0.3 is 5.32 Å². The van der Waals surface area contributed by atoms with Gasteiger partial charge in [0.2, 0.25) is 5.91 Å². The first-order valence-corrected chi connectivity index (χ1v) is 8.59. The fraction of sp³-hybridized carbons (Fsp3) is 0.154. The van der Waals surface area contributed by atoms with E-state index in [2.05, 4.69) is 27.3 Å². The van der Waals surface area contributed by atoms with Crippen LogP contribution in [-0.4, -0.2) is 11.8 Å². The van der Waals surface area contributed by atoms with Crippen molar-refractivity contribution in [2.75, 3.05) is 11.2 Å². The predicted octanol–water partition coefficient (Wildman–Crippen LogP) is 5.23. The molecule has 19 heavy (non-hydrogen) atoms. The van der Waals surface area contributed by atoms with Crippen LogP contribution < -0.4 is 5.32 Å². The molecule has 0 atom stereocenters. The van der Waals surface area contributed by atoms with Crippen LogP contribution in [0.4, 0.5) is 5.69 Å². The molecule has 0 bridgehead atoms. The van der Waals surface area contributed by atoms with Crippen LogP contribution in [0.2, 0.25) is 0 Å². The molecule has 1 amide bonds. The molecule has 2 rings (SSSR count). The fourth-order valence-corrected chi connectivity index (χ4v) is 3.99. The average molecular weight is 377 g/mol. The summed E-state index contributed by atoms with van der Waals surface area (Å²) in [7, 11) is 0. The van der Waals surface area contributed by atoms with Crippen molar-refractivity contribution in [1.29, 1.82) is 0 Å². The molecule has 1 N–H and O–H groups in total. The summed E-state index contributed by atoms with van der Waals surface area (Å²) in [5.74, 6) is 0.268. The number of para-hydroxylation sites is 1. The van der Waals surface area contributed by atoms with Crippen molar-refractivity contribution in [1.82, 2.24) is 0 Å². The molecule has 0 fully saturated rings. The number of anilines is 1. The number of nitrogens with one attached hydrogen (secondary N) is 1. The number of alkyl halides is 1. The van der Waals surface area contributed by atoms with E-state index in [0.29, 0.717) is 12.3 Å². The molecule has 1 aromatic heterocycles. The van der Waals surface area contributed by atoms with Gasteiger partial charge in [0.15, 0.2) is 0 Å². The number of rotatable bonds is 5. The van der Waals surface area contributed by atoms with E-state index < -0.39 is 0 Å². The van der Waals surface area contributed by atoms with E-state index >= 15 is 0 Å². The van der Waals surface area contributed by atoms with Gasteiger partial charge in [-0.15, -0.1) is 22.9 Å². The molecular formula is C13H11BrClNOS2. The summed E-state index contributed by atoms with van der Waals surface area (Å²) in [6, 6.07) is 9.81. The van der Waals surface area contributed by atoms with Crippen LogP contribution in [0, 0.1) is 0 Å². The van der Waals surface area contributed by atoms with Crippen molar-refractivity contribution < 1.29 is 4.79 Å². The lowest BCUT2D eigenvalue weighted by Crippen LogP contribution is -2.12. The van der Waals surface area contributed by atoms with Gasteiger partial charge in [0.1, 0.15) is 0 Å². The highest BCUT2D eigenvalue weighted by Crippen LogP contribution is 2.39. The van der Waals surface area contributed by atoms with Gasteiger partial charge in [-0.25, -0.2) is 0 Å². The first-order chi connectivity index (χ1) is 9.20. The molecule has 0 aliphatic carbocycles. The molecule has 0 saturated heterocycles. The van der Waals surface area contributed by atoms with Crippen molar-refractivity contribution >= 4 is 62.2 Å². The molecule has 1 heterocycles. The molecule has 2 nitrogen and oxygen atoms in total. The van der Waals surface area contributed by atoms with Crippen molar-refractivity contribution in [3.05, 3.63) is 39.5 Å². The first kappa shape index (κ1) is 14.9. The third kappa shape index (κ3) is 4.24. The molecular weight excluding hydrogens is 366 g/mol. The zero-order valence-electron chi connectivity index (χ0n) is 9.86. The molecule has 0 aliphatic rings. The first-order valence-electron chi connectivity index (χ1n) is 5.56. The van der Waals surface area contributed by atoms with Crippen LogP contribution in [0.15, 0.2) is 49.3 Å². The number of carbonyl (C=O) groups excluding carboxylic acids is 1. The normalized spacial score (nSPS) is 10.4. The highest BCUT2D eigenvalue weighted by molar-refractivity contribution is 9.11. The van der Waals surface area contributed by atoms with Gasteiger partial charge in [-0.05, 0) is 39.5 Å². The number of hydrogen-bond donors (Lipinski definition) is 1. The summed E-state index contributed by atoms with van der Waals surface area (Å²) >= 11 is 12.4. The average Bonchev–Trinajstić information content (AvgIpc) is 2.78. The molecule has 0 saturated carbocycles. The predicted molar refractivity (Wildman–Crippen MR) is 86.6 cm³/mol. The standard InChI is InChI=1S/C13H11BrClNOS2/c14-13-11(6-8-18-13)19-10-4-2-1-3-9(10)16-12(17)5-7-15/h1-4,6,8H,5,7H2,(H,16,17). The van der Waals surface area contributed by atoms with Gasteiger partial charge in [-0.1, -0.05) is 23.9 Å². The number of thiophene rings is 1. The largest absolute Gasteiger partial charge is 0.325 e. The number of carbonyl (C=O) groups is 1. The minimum absolute atomic E-state index is 0.0626. The second kappa shape index (κ2) is 7.33. The van der Waals surface area contributed by atoms with Crippen LogP contribution >= 0.6 is 50.6 Å². The maximum atomic E-state index is 11.6. The topological polar surface area (TPSA) is 29.1 Å². The van der Waals surface area contributed by atoms with Crippen LogP contribution in [0.25, 0.3) is 0 Å². The van der Waals surface area contributed by atoms with E-state index in [1.807, 2.05) is 29.6 Å². The van der Waals surface area contributed by atoms with E-state index in [0.717, 1.165) is 19.3 Å². The molecule has 2 aromatic rings. The molecule has 1 aromatic carbocycles. The van der Waals surface area contributed by atoms with Crippen LogP contribution in [0.3, 0.4) is 0 Å². The highest BCUT2D eigenvalue weighted by atomic mass is 79.9. The minimum atomic E-state index is -0.0626. The summed E-state index contributed by atoms with van der Waals surface area (Å²) in [6.45, 7) is 0. The van der Waals surface area contributed by atoms with Gasteiger partial charge in [-0.2, -0.15) is 0 Å². The maximum absolute atomic E-state index is 11.6. The second-order valence-corrected chi connectivity index (χ2v) is 7.34. The van der Waals surface area contributed by atoms with E-state index in [1.54, 1.807) is 23.1 Å². The Balaban J connectivity index is 2.17. The smallest absolute Gasteiger partial charge is 0.225 e. The molecule has 0 spiro atoms. The quantitative estimate of drug-likeness (QED) is 0.724. The molecule has 0 unspecified atom stereocenters. The SMILES string of the molecule is O=C(CCCl)Nc1ccccc1Sc1ccsc1Br. The number of hydrogen-bond acceptors (Lipinski definition) is 3. The lowest BCUT2D eigenvalue weighted by atomic mass is 10.3. The van der Waals surface area contributed by atoms with E-state index in [-0.39, 0.29) is 5.91 Å². The Labute approximate surface area is 133 Å². The molecule has 6 heteroatoms. The van der Waals surface area contributed by atoms with Crippen LogP contribution in [0.1, 0.15) is 6.42 Å². The number of halogens is 2. The van der Waals surface area contributed by atoms with Crippen LogP contribution in [-0.2, 0) is 4.79 Å². The van der Waals surface area contributed by atoms with Crippen molar-refractivity contribution in [2.45, 2.75) is 16.2 Å². The lowest BCUT2D eigenvalue weighted by molar-refractivity contribution is -0.115. The monoisotopic (exact) mass is 375 g/mol. The molecule has 0 aliphatic heterocycles. The fourth-order valence-electron chi connectivity index (χ4n) is 1.43. The Hall–Kier alpha value is -0.490. The van der Waals surface area contributed by atoms with Gasteiger partial charge in [0, 0.05) is 22.1 Å². The molecule has 0 radical (unpaired) electrons. The summed E-state index contributed by atoms with van der Waals surface area (Å²) < 4.78 is 1.10. The van der Waals surface area contributed by atoms with Gasteiger partial charge in [0.05, 0.1) is 9.47 Å². The summed E-state index contributed by atoms with van der Waals surface area (Å²) in [5, 5.41) is 4.92. The summed E-state index contributed by atoms with van der Waals surface area (Å²) in [4.78, 5) is 13.8. The molecule has 100 valence electrons.